The van der Waals surface area contributed by atoms with E-state index in [2.05, 4.69) is 16.3 Å². The second-order valence-electron chi connectivity index (χ2n) is 6.46. The highest BCUT2D eigenvalue weighted by Crippen LogP contribution is 2.15. The molecule has 1 heterocycles. The molecule has 1 N–H and O–H groups in total. The van der Waals surface area contributed by atoms with Gasteiger partial charge in [-0.15, -0.1) is 0 Å². The Bertz CT molecular complexity index is 748. The van der Waals surface area contributed by atoms with Gasteiger partial charge in [0.2, 0.25) is 5.91 Å². The van der Waals surface area contributed by atoms with Crippen LogP contribution in [0.5, 0.6) is 5.75 Å². The summed E-state index contributed by atoms with van der Waals surface area (Å²) in [5, 5.41) is 2.92. The molecule has 6 heteroatoms. The average Bonchev–Trinajstić information content (AvgIpc) is 2.70. The van der Waals surface area contributed by atoms with Crippen molar-refractivity contribution < 1.29 is 18.7 Å². The molecule has 5 nitrogen and oxygen atoms in total. The highest BCUT2D eigenvalue weighted by Gasteiger charge is 2.13. The minimum Gasteiger partial charge on any atom is -0.490 e. The Hall–Kier alpha value is -2.44. The zero-order valence-corrected chi connectivity index (χ0v) is 15.3. The van der Waals surface area contributed by atoms with Crippen LogP contribution in [0.25, 0.3) is 0 Å². The van der Waals surface area contributed by atoms with Gasteiger partial charge in [0, 0.05) is 26.2 Å². The number of hydrogen-bond donors (Lipinski definition) is 1. The summed E-state index contributed by atoms with van der Waals surface area (Å²) in [6, 6.07) is 14.3. The van der Waals surface area contributed by atoms with Gasteiger partial charge in [0.1, 0.15) is 0 Å². The van der Waals surface area contributed by atoms with E-state index in [0.717, 1.165) is 38.4 Å². The summed E-state index contributed by atoms with van der Waals surface area (Å²) < 4.78 is 24.2. The number of amides is 1. The Morgan fingerprint density at radius 2 is 1.78 bits per heavy atom. The molecule has 0 radical (unpaired) electrons. The molecule has 0 bridgehead atoms. The van der Waals surface area contributed by atoms with Crippen molar-refractivity contribution in [3.8, 4) is 5.75 Å². The van der Waals surface area contributed by atoms with Crippen LogP contribution in [0.15, 0.2) is 48.5 Å². The van der Waals surface area contributed by atoms with E-state index in [-0.39, 0.29) is 24.7 Å². The molecule has 27 heavy (non-hydrogen) atoms. The first kappa shape index (κ1) is 19.3. The SMILES string of the molecule is O=C(CCOc1ccccc1F)NCc1ccccc1CN1CCOCC1. The van der Waals surface area contributed by atoms with E-state index in [1.54, 1.807) is 18.2 Å². The highest BCUT2D eigenvalue weighted by molar-refractivity contribution is 5.76. The van der Waals surface area contributed by atoms with E-state index in [1.165, 1.54) is 11.6 Å². The van der Waals surface area contributed by atoms with E-state index < -0.39 is 5.82 Å². The van der Waals surface area contributed by atoms with Gasteiger partial charge in [0.05, 0.1) is 26.2 Å². The number of halogens is 1. The fraction of sp³-hybridized carbons (Fsp3) is 0.381. The first-order valence-electron chi connectivity index (χ1n) is 9.23. The van der Waals surface area contributed by atoms with Crippen LogP contribution < -0.4 is 10.1 Å². The highest BCUT2D eigenvalue weighted by atomic mass is 19.1. The lowest BCUT2D eigenvalue weighted by atomic mass is 10.1. The molecule has 0 saturated carbocycles. The van der Waals surface area contributed by atoms with Gasteiger partial charge in [-0.25, -0.2) is 4.39 Å². The van der Waals surface area contributed by atoms with Crippen molar-refractivity contribution in [2.24, 2.45) is 0 Å². The maximum atomic E-state index is 13.5. The molecule has 1 saturated heterocycles. The van der Waals surface area contributed by atoms with Crippen LogP contribution >= 0.6 is 0 Å². The second kappa shape index (κ2) is 10.0. The van der Waals surface area contributed by atoms with E-state index in [1.807, 2.05) is 18.2 Å². The number of rotatable bonds is 8. The van der Waals surface area contributed by atoms with Crippen LogP contribution in [-0.2, 0) is 22.6 Å². The minimum atomic E-state index is -0.421. The first-order valence-corrected chi connectivity index (χ1v) is 9.23. The lowest BCUT2D eigenvalue weighted by Gasteiger charge is -2.27. The molecule has 2 aromatic carbocycles. The van der Waals surface area contributed by atoms with Gasteiger partial charge in [-0.3, -0.25) is 9.69 Å². The molecule has 0 spiro atoms. The van der Waals surface area contributed by atoms with Gasteiger partial charge in [-0.1, -0.05) is 36.4 Å². The van der Waals surface area contributed by atoms with Crippen LogP contribution in [0.1, 0.15) is 17.5 Å². The number of nitrogens with zero attached hydrogens (tertiary/aromatic N) is 1. The van der Waals surface area contributed by atoms with E-state index in [9.17, 15) is 9.18 Å². The van der Waals surface area contributed by atoms with Crippen molar-refractivity contribution in [3.63, 3.8) is 0 Å². The molecule has 1 aliphatic rings. The maximum absolute atomic E-state index is 13.5. The Morgan fingerprint density at radius 1 is 1.07 bits per heavy atom. The molecular weight excluding hydrogens is 347 g/mol. The van der Waals surface area contributed by atoms with Gasteiger partial charge in [0.15, 0.2) is 11.6 Å². The Kier molecular flexibility index (Phi) is 7.19. The standard InChI is InChI=1S/C21H25FN2O3/c22-19-7-3-4-8-20(19)27-12-9-21(25)23-15-17-5-1-2-6-18(17)16-24-10-13-26-14-11-24/h1-8H,9-16H2,(H,23,25). The Labute approximate surface area is 159 Å². The van der Waals surface area contributed by atoms with Gasteiger partial charge in [0.25, 0.3) is 0 Å². The summed E-state index contributed by atoms with van der Waals surface area (Å²) >= 11 is 0. The number of benzene rings is 2. The number of nitrogens with one attached hydrogen (secondary N) is 1. The molecule has 1 amide bonds. The average molecular weight is 372 g/mol. The molecule has 0 aliphatic carbocycles. The van der Waals surface area contributed by atoms with Gasteiger partial charge in [-0.2, -0.15) is 0 Å². The van der Waals surface area contributed by atoms with Crippen LogP contribution in [0, 0.1) is 5.82 Å². The largest absolute Gasteiger partial charge is 0.490 e. The fourth-order valence-electron chi connectivity index (χ4n) is 2.98. The summed E-state index contributed by atoms with van der Waals surface area (Å²) in [5.74, 6) is -0.372. The van der Waals surface area contributed by atoms with Crippen LogP contribution in [-0.4, -0.2) is 43.7 Å². The Balaban J connectivity index is 1.45. The van der Waals surface area contributed by atoms with Crippen molar-refractivity contribution in [1.29, 1.82) is 0 Å². The van der Waals surface area contributed by atoms with Gasteiger partial charge >= 0.3 is 0 Å². The van der Waals surface area contributed by atoms with Crippen molar-refractivity contribution in [3.05, 3.63) is 65.5 Å². The lowest BCUT2D eigenvalue weighted by Crippen LogP contribution is -2.36. The molecule has 0 aromatic heterocycles. The predicted molar refractivity (Wildman–Crippen MR) is 101 cm³/mol. The zero-order chi connectivity index (χ0) is 18.9. The Morgan fingerprint density at radius 3 is 2.56 bits per heavy atom. The molecule has 3 rings (SSSR count). The third kappa shape index (κ3) is 6.05. The molecule has 144 valence electrons. The molecule has 1 fully saturated rings. The number of para-hydroxylation sites is 1. The number of carbonyl (C=O) groups excluding carboxylic acids is 1. The number of hydrogen-bond acceptors (Lipinski definition) is 4. The van der Waals surface area contributed by atoms with Crippen LogP contribution in [0.3, 0.4) is 0 Å². The number of carbonyl (C=O) groups is 1. The van der Waals surface area contributed by atoms with E-state index in [4.69, 9.17) is 9.47 Å². The predicted octanol–water partition coefficient (Wildman–Crippen LogP) is 2.74. The second-order valence-corrected chi connectivity index (χ2v) is 6.46. The van der Waals surface area contributed by atoms with Gasteiger partial charge < -0.3 is 14.8 Å². The summed E-state index contributed by atoms with van der Waals surface area (Å²) in [5.41, 5.74) is 2.31. The van der Waals surface area contributed by atoms with E-state index >= 15 is 0 Å². The maximum Gasteiger partial charge on any atom is 0.223 e. The topological polar surface area (TPSA) is 50.8 Å². The molecular formula is C21H25FN2O3. The van der Waals surface area contributed by atoms with Crippen molar-refractivity contribution >= 4 is 5.91 Å². The molecule has 2 aromatic rings. The molecule has 0 unspecified atom stereocenters. The summed E-state index contributed by atoms with van der Waals surface area (Å²) in [6.07, 6.45) is 0.181. The van der Waals surface area contributed by atoms with Crippen LogP contribution in [0.2, 0.25) is 0 Å². The lowest BCUT2D eigenvalue weighted by molar-refractivity contribution is -0.121. The van der Waals surface area contributed by atoms with Crippen molar-refractivity contribution in [2.45, 2.75) is 19.5 Å². The fourth-order valence-corrected chi connectivity index (χ4v) is 2.98. The number of morpholine rings is 1. The monoisotopic (exact) mass is 372 g/mol. The smallest absolute Gasteiger partial charge is 0.223 e. The van der Waals surface area contributed by atoms with Crippen molar-refractivity contribution in [2.75, 3.05) is 32.9 Å². The minimum absolute atomic E-state index is 0.118. The summed E-state index contributed by atoms with van der Waals surface area (Å²) in [6.45, 7) is 4.84. The van der Waals surface area contributed by atoms with Gasteiger partial charge in [-0.05, 0) is 23.3 Å². The number of ether oxygens (including phenoxy) is 2. The summed E-state index contributed by atoms with van der Waals surface area (Å²) in [4.78, 5) is 14.4. The van der Waals surface area contributed by atoms with Crippen molar-refractivity contribution in [1.82, 2.24) is 10.2 Å². The van der Waals surface area contributed by atoms with Crippen LogP contribution in [0.4, 0.5) is 4.39 Å². The first-order chi connectivity index (χ1) is 13.2. The van der Waals surface area contributed by atoms with E-state index in [0.29, 0.717) is 6.54 Å². The third-order valence-corrected chi connectivity index (χ3v) is 4.52. The zero-order valence-electron chi connectivity index (χ0n) is 15.3. The third-order valence-electron chi connectivity index (χ3n) is 4.52. The quantitative estimate of drug-likeness (QED) is 0.774. The molecule has 0 atom stereocenters. The molecule has 1 aliphatic heterocycles. The summed E-state index contributed by atoms with van der Waals surface area (Å²) in [7, 11) is 0. The normalized spacial score (nSPS) is 14.7.